The van der Waals surface area contributed by atoms with Crippen molar-refractivity contribution in [1.29, 1.82) is 0 Å². The van der Waals surface area contributed by atoms with Gasteiger partial charge in [0.05, 0.1) is 5.56 Å². The zero-order chi connectivity index (χ0) is 15.9. The summed E-state index contributed by atoms with van der Waals surface area (Å²) in [5, 5.41) is 9.04. The molecule has 0 heterocycles. The van der Waals surface area contributed by atoms with E-state index in [0.29, 0.717) is 0 Å². The van der Waals surface area contributed by atoms with Crippen molar-refractivity contribution in [3.05, 3.63) is 65.7 Å². The number of benzene rings is 2. The molecule has 0 saturated heterocycles. The van der Waals surface area contributed by atoms with Crippen LogP contribution in [-0.4, -0.2) is 31.6 Å². The lowest BCUT2D eigenvalue weighted by Crippen LogP contribution is -2.08. The van der Waals surface area contributed by atoms with Crippen LogP contribution in [0.3, 0.4) is 0 Å². The van der Waals surface area contributed by atoms with Gasteiger partial charge in [0.25, 0.3) is 0 Å². The Morgan fingerprint density at radius 2 is 1.73 bits per heavy atom. The average Bonchev–Trinajstić information content (AvgIpc) is 2.56. The summed E-state index contributed by atoms with van der Waals surface area (Å²) in [5.74, 6) is -0.924. The Labute approximate surface area is 129 Å². The van der Waals surface area contributed by atoms with Gasteiger partial charge in [0.1, 0.15) is 0 Å². The summed E-state index contributed by atoms with van der Waals surface area (Å²) in [6.45, 7) is 0. The molecule has 114 valence electrons. The minimum Gasteiger partial charge on any atom is -0.478 e. The summed E-state index contributed by atoms with van der Waals surface area (Å²) in [7, 11) is 3.16. The van der Waals surface area contributed by atoms with Gasteiger partial charge in [-0.1, -0.05) is 42.5 Å². The van der Waals surface area contributed by atoms with E-state index in [9.17, 15) is 4.79 Å². The van der Waals surface area contributed by atoms with Gasteiger partial charge in [-0.3, -0.25) is 0 Å². The molecule has 0 aromatic heterocycles. The number of carboxylic acids is 1. The molecule has 0 aliphatic rings. The van der Waals surface area contributed by atoms with Crippen molar-refractivity contribution >= 4 is 12.0 Å². The molecule has 2 aromatic carbocycles. The van der Waals surface area contributed by atoms with Crippen molar-refractivity contribution in [3.63, 3.8) is 0 Å². The van der Waals surface area contributed by atoms with Crippen molar-refractivity contribution < 1.29 is 19.4 Å². The third-order valence-electron chi connectivity index (χ3n) is 3.26. The highest BCUT2D eigenvalue weighted by molar-refractivity contribution is 5.89. The molecule has 2 rings (SSSR count). The van der Waals surface area contributed by atoms with E-state index in [2.05, 4.69) is 0 Å². The van der Waals surface area contributed by atoms with Crippen molar-refractivity contribution in [2.75, 3.05) is 14.2 Å². The summed E-state index contributed by atoms with van der Waals surface area (Å²) in [5.41, 5.74) is 3.14. The molecule has 4 nitrogen and oxygen atoms in total. The molecular formula is C18H18O4. The van der Waals surface area contributed by atoms with Crippen LogP contribution in [-0.2, 0) is 9.47 Å². The van der Waals surface area contributed by atoms with Gasteiger partial charge in [0.15, 0.2) is 6.29 Å². The Kier molecular flexibility index (Phi) is 5.47. The second-order valence-corrected chi connectivity index (χ2v) is 4.71. The summed E-state index contributed by atoms with van der Waals surface area (Å²) < 4.78 is 10.2. The van der Waals surface area contributed by atoms with Crippen LogP contribution >= 0.6 is 0 Å². The quantitative estimate of drug-likeness (QED) is 0.826. The lowest BCUT2D eigenvalue weighted by molar-refractivity contribution is -0.0660. The van der Waals surface area contributed by atoms with E-state index in [0.717, 1.165) is 16.7 Å². The molecule has 0 unspecified atom stereocenters. The number of aromatic carboxylic acids is 1. The van der Waals surface area contributed by atoms with Gasteiger partial charge in [-0.25, -0.2) is 4.79 Å². The average molecular weight is 298 g/mol. The number of rotatable bonds is 6. The van der Waals surface area contributed by atoms with Crippen LogP contribution in [0, 0.1) is 0 Å². The minimum atomic E-state index is -0.924. The van der Waals surface area contributed by atoms with Gasteiger partial charge < -0.3 is 14.6 Å². The monoisotopic (exact) mass is 298 g/mol. The topological polar surface area (TPSA) is 55.8 Å². The predicted octanol–water partition coefficient (Wildman–Crippen LogP) is 3.68. The maximum Gasteiger partial charge on any atom is 0.335 e. The highest BCUT2D eigenvalue weighted by Gasteiger charge is 2.04. The van der Waals surface area contributed by atoms with Crippen LogP contribution < -0.4 is 0 Å². The van der Waals surface area contributed by atoms with E-state index >= 15 is 0 Å². The van der Waals surface area contributed by atoms with Crippen LogP contribution in [0.15, 0.2) is 54.6 Å². The lowest BCUT2D eigenvalue weighted by atomic mass is 10.0. The maximum absolute atomic E-state index is 11.0. The number of ether oxygens (including phenoxy) is 2. The molecule has 0 aliphatic heterocycles. The SMILES string of the molecule is COC(C=Cc1ccc(-c2cccc(C(=O)O)c2)cc1)OC. The molecular weight excluding hydrogens is 280 g/mol. The Bertz CT molecular complexity index is 655. The normalized spacial score (nSPS) is 11.2. The van der Waals surface area contributed by atoms with Gasteiger partial charge in [0, 0.05) is 14.2 Å². The van der Waals surface area contributed by atoms with E-state index in [1.54, 1.807) is 32.4 Å². The molecule has 22 heavy (non-hydrogen) atoms. The smallest absolute Gasteiger partial charge is 0.335 e. The predicted molar refractivity (Wildman–Crippen MR) is 85.7 cm³/mol. The first kappa shape index (κ1) is 15.9. The summed E-state index contributed by atoms with van der Waals surface area (Å²) in [6, 6.07) is 14.7. The van der Waals surface area contributed by atoms with E-state index < -0.39 is 5.97 Å². The standard InChI is InChI=1S/C18H18O4/c1-21-17(22-2)11-8-13-6-9-14(10-7-13)15-4-3-5-16(12-15)18(19)20/h3-12,17H,1-2H3,(H,19,20). The maximum atomic E-state index is 11.0. The number of methoxy groups -OCH3 is 2. The number of carboxylic acid groups (broad SMARTS) is 1. The van der Waals surface area contributed by atoms with Crippen molar-refractivity contribution in [3.8, 4) is 11.1 Å². The molecule has 0 amide bonds. The fourth-order valence-corrected chi connectivity index (χ4v) is 2.06. The van der Waals surface area contributed by atoms with Gasteiger partial charge in [-0.15, -0.1) is 0 Å². The molecule has 0 aliphatic carbocycles. The fourth-order valence-electron chi connectivity index (χ4n) is 2.06. The van der Waals surface area contributed by atoms with Gasteiger partial charge >= 0.3 is 5.97 Å². The van der Waals surface area contributed by atoms with Crippen molar-refractivity contribution in [2.24, 2.45) is 0 Å². The lowest BCUT2D eigenvalue weighted by Gasteiger charge is -2.07. The Morgan fingerprint density at radius 3 is 2.32 bits per heavy atom. The van der Waals surface area contributed by atoms with Gasteiger partial charge in [0.2, 0.25) is 0 Å². The zero-order valence-corrected chi connectivity index (χ0v) is 12.5. The van der Waals surface area contributed by atoms with Gasteiger partial charge in [-0.05, 0) is 34.9 Å². The largest absolute Gasteiger partial charge is 0.478 e. The Balaban J connectivity index is 2.18. The van der Waals surface area contributed by atoms with Crippen LogP contribution in [0.1, 0.15) is 15.9 Å². The van der Waals surface area contributed by atoms with Gasteiger partial charge in [-0.2, -0.15) is 0 Å². The Hall–Kier alpha value is -2.43. The first-order valence-electron chi connectivity index (χ1n) is 6.81. The number of hydrogen-bond acceptors (Lipinski definition) is 3. The van der Waals surface area contributed by atoms with E-state index in [1.807, 2.05) is 42.5 Å². The summed E-state index contributed by atoms with van der Waals surface area (Å²) in [6.07, 6.45) is 3.36. The molecule has 0 atom stereocenters. The van der Waals surface area contributed by atoms with E-state index in [4.69, 9.17) is 14.6 Å². The van der Waals surface area contributed by atoms with Crippen molar-refractivity contribution in [2.45, 2.75) is 6.29 Å². The molecule has 0 saturated carbocycles. The number of carbonyl (C=O) groups is 1. The molecule has 0 bridgehead atoms. The fraction of sp³-hybridized carbons (Fsp3) is 0.167. The second kappa shape index (κ2) is 7.54. The van der Waals surface area contributed by atoms with E-state index in [1.165, 1.54) is 0 Å². The van der Waals surface area contributed by atoms with Crippen LogP contribution in [0.5, 0.6) is 0 Å². The van der Waals surface area contributed by atoms with Crippen LogP contribution in [0.4, 0.5) is 0 Å². The highest BCUT2D eigenvalue weighted by Crippen LogP contribution is 2.21. The molecule has 2 aromatic rings. The second-order valence-electron chi connectivity index (χ2n) is 4.71. The van der Waals surface area contributed by atoms with E-state index in [-0.39, 0.29) is 11.9 Å². The first-order valence-corrected chi connectivity index (χ1v) is 6.81. The third kappa shape index (κ3) is 4.04. The molecule has 0 fully saturated rings. The minimum absolute atomic E-state index is 0.282. The first-order chi connectivity index (χ1) is 10.6. The van der Waals surface area contributed by atoms with Crippen LogP contribution in [0.25, 0.3) is 17.2 Å². The molecule has 1 N–H and O–H groups in total. The Morgan fingerprint density at radius 1 is 1.05 bits per heavy atom. The number of hydrogen-bond donors (Lipinski definition) is 1. The summed E-state index contributed by atoms with van der Waals surface area (Å²) in [4.78, 5) is 11.0. The molecule has 0 spiro atoms. The molecule has 0 radical (unpaired) electrons. The van der Waals surface area contributed by atoms with Crippen molar-refractivity contribution in [1.82, 2.24) is 0 Å². The molecule has 4 heteroatoms. The summed E-state index contributed by atoms with van der Waals surface area (Å²) >= 11 is 0. The third-order valence-corrected chi connectivity index (χ3v) is 3.26. The highest BCUT2D eigenvalue weighted by atomic mass is 16.7. The van der Waals surface area contributed by atoms with Crippen LogP contribution in [0.2, 0.25) is 0 Å². The zero-order valence-electron chi connectivity index (χ0n) is 12.5.